The summed E-state index contributed by atoms with van der Waals surface area (Å²) >= 11 is 0. The summed E-state index contributed by atoms with van der Waals surface area (Å²) in [4.78, 5) is 37.7. The Morgan fingerprint density at radius 1 is 1.00 bits per heavy atom. The number of aliphatic imine (C=N–C) groups is 1. The fourth-order valence-corrected chi connectivity index (χ4v) is 2.43. The summed E-state index contributed by atoms with van der Waals surface area (Å²) in [5.41, 5.74) is 11.9. The van der Waals surface area contributed by atoms with E-state index in [4.69, 9.17) is 31.2 Å². The van der Waals surface area contributed by atoms with E-state index in [2.05, 4.69) is 10.3 Å². The Kier molecular flexibility index (Phi) is 8.65. The zero-order valence-electron chi connectivity index (χ0n) is 16.7. The molecule has 0 fully saturated rings. The van der Waals surface area contributed by atoms with Crippen molar-refractivity contribution in [3.05, 3.63) is 59.7 Å². The van der Waals surface area contributed by atoms with Gasteiger partial charge in [0.15, 0.2) is 5.96 Å². The predicted octanol–water partition coefficient (Wildman–Crippen LogP) is 0.121. The van der Waals surface area contributed by atoms with Crippen molar-refractivity contribution in [2.75, 3.05) is 0 Å². The van der Waals surface area contributed by atoms with Gasteiger partial charge in [-0.25, -0.2) is 9.79 Å². The number of esters is 1. The number of ether oxygens (including phenoxy) is 2. The highest BCUT2D eigenvalue weighted by Gasteiger charge is 2.23. The highest BCUT2D eigenvalue weighted by atomic mass is 16.6. The summed E-state index contributed by atoms with van der Waals surface area (Å²) in [5, 5.41) is 29.5. The van der Waals surface area contributed by atoms with E-state index in [0.717, 1.165) is 0 Å². The third kappa shape index (κ3) is 8.02. The van der Waals surface area contributed by atoms with E-state index in [1.165, 1.54) is 24.3 Å². The molecule has 0 heterocycles. The molecular weight excluding hydrogens is 424 g/mol. The Bertz CT molecular complexity index is 972. The molecule has 0 aliphatic carbocycles. The van der Waals surface area contributed by atoms with E-state index >= 15 is 0 Å². The van der Waals surface area contributed by atoms with Gasteiger partial charge in [0.1, 0.15) is 11.8 Å². The third-order valence-electron chi connectivity index (χ3n) is 3.92. The molecule has 8 N–H and O–H groups in total. The molecule has 170 valence electrons. The average Bonchev–Trinajstić information content (AvgIpc) is 2.72. The van der Waals surface area contributed by atoms with Gasteiger partial charge in [-0.3, -0.25) is 14.9 Å². The van der Waals surface area contributed by atoms with E-state index in [1.807, 2.05) is 0 Å². The van der Waals surface area contributed by atoms with Crippen LogP contribution in [0.1, 0.15) is 22.3 Å². The van der Waals surface area contributed by atoms with Crippen LogP contribution in [0.15, 0.2) is 53.5 Å². The molecule has 0 aliphatic rings. The Balaban J connectivity index is 1.87. The summed E-state index contributed by atoms with van der Waals surface area (Å²) in [6.07, 6.45) is -2.43. The topological polar surface area (TPSA) is 207 Å². The summed E-state index contributed by atoms with van der Waals surface area (Å²) in [6.45, 7) is -0.117. The lowest BCUT2D eigenvalue weighted by atomic mass is 10.2. The first-order chi connectivity index (χ1) is 15.1. The minimum absolute atomic E-state index is 0.102. The molecule has 0 aliphatic heterocycles. The lowest BCUT2D eigenvalue weighted by molar-refractivity contribution is -0.158. The van der Waals surface area contributed by atoms with Crippen LogP contribution in [0.5, 0.6) is 5.75 Å². The average molecular weight is 446 g/mol. The van der Waals surface area contributed by atoms with E-state index < -0.39 is 36.8 Å². The monoisotopic (exact) mass is 446 g/mol. The van der Waals surface area contributed by atoms with Gasteiger partial charge < -0.3 is 36.3 Å². The number of rotatable bonds is 11. The van der Waals surface area contributed by atoms with Gasteiger partial charge in [0, 0.05) is 0 Å². The number of carboxylic acid groups (broad SMARTS) is 2. The van der Waals surface area contributed by atoms with Gasteiger partial charge >= 0.3 is 17.9 Å². The van der Waals surface area contributed by atoms with Gasteiger partial charge in [-0.2, -0.15) is 0 Å². The van der Waals surface area contributed by atoms with Gasteiger partial charge in [0.2, 0.25) is 6.41 Å². The lowest BCUT2D eigenvalue weighted by Gasteiger charge is -2.18. The van der Waals surface area contributed by atoms with Crippen molar-refractivity contribution in [3.8, 4) is 5.75 Å². The summed E-state index contributed by atoms with van der Waals surface area (Å²) < 4.78 is 10.3. The number of benzene rings is 2. The van der Waals surface area contributed by atoms with E-state index in [0.29, 0.717) is 11.3 Å². The fourth-order valence-electron chi connectivity index (χ4n) is 2.43. The Hall–Kier alpha value is -4.00. The summed E-state index contributed by atoms with van der Waals surface area (Å²) in [7, 11) is 0. The van der Waals surface area contributed by atoms with Crippen molar-refractivity contribution in [2.45, 2.75) is 25.5 Å². The van der Waals surface area contributed by atoms with Gasteiger partial charge in [0.05, 0.1) is 24.3 Å². The van der Waals surface area contributed by atoms with E-state index in [1.54, 1.807) is 24.3 Å². The Morgan fingerprint density at radius 3 is 2.16 bits per heavy atom. The standard InChI is InChI=1S/C20H22N4O8/c21-19(22)23-13-5-3-12(4-6-13)18(29)32-14-7-1-11(2-8-14)10-31-20(30)24-15(17(27)28)9-16(25)26/h1-8,15,20,24,30H,9-10H2,(H,25,26)(H,27,28)(H4,21,22,23)/t15-,20?/m0/s1. The van der Waals surface area contributed by atoms with Crippen molar-refractivity contribution < 1.29 is 39.2 Å². The molecule has 32 heavy (non-hydrogen) atoms. The third-order valence-corrected chi connectivity index (χ3v) is 3.92. The largest absolute Gasteiger partial charge is 0.481 e. The van der Waals surface area contributed by atoms with Crippen molar-refractivity contribution in [1.82, 2.24) is 5.32 Å². The lowest BCUT2D eigenvalue weighted by Crippen LogP contribution is -2.45. The smallest absolute Gasteiger partial charge is 0.343 e. The molecule has 2 aromatic rings. The number of nitrogens with two attached hydrogens (primary N) is 2. The van der Waals surface area contributed by atoms with Gasteiger partial charge in [-0.1, -0.05) is 12.1 Å². The molecule has 0 spiro atoms. The van der Waals surface area contributed by atoms with Crippen LogP contribution in [0.3, 0.4) is 0 Å². The maximum Gasteiger partial charge on any atom is 0.343 e. The van der Waals surface area contributed by atoms with Crippen LogP contribution in [0.2, 0.25) is 0 Å². The minimum atomic E-state index is -1.70. The SMILES string of the molecule is NC(N)=Nc1ccc(C(=O)Oc2ccc(COC(O)N[C@@H](CC(=O)O)C(=O)O)cc2)cc1. The molecule has 0 saturated heterocycles. The molecule has 0 bridgehead atoms. The molecule has 12 nitrogen and oxygen atoms in total. The first-order valence-electron chi connectivity index (χ1n) is 9.15. The number of aliphatic carboxylic acids is 2. The molecule has 0 amide bonds. The molecule has 0 saturated carbocycles. The quantitative estimate of drug-likeness (QED) is 0.0898. The highest BCUT2D eigenvalue weighted by Crippen LogP contribution is 2.17. The second-order valence-electron chi connectivity index (χ2n) is 6.44. The molecule has 2 atom stereocenters. The molecule has 2 rings (SSSR count). The van der Waals surface area contributed by atoms with Gasteiger partial charge in [-0.05, 0) is 42.0 Å². The van der Waals surface area contributed by atoms with Crippen LogP contribution < -0.4 is 21.5 Å². The fraction of sp³-hybridized carbons (Fsp3) is 0.200. The van der Waals surface area contributed by atoms with Crippen molar-refractivity contribution in [1.29, 1.82) is 0 Å². The first kappa shape index (κ1) is 24.3. The number of aliphatic hydroxyl groups is 1. The van der Waals surface area contributed by atoms with E-state index in [-0.39, 0.29) is 23.9 Å². The normalized spacial score (nSPS) is 12.4. The number of nitrogens with one attached hydrogen (secondary N) is 1. The van der Waals surface area contributed by atoms with Crippen molar-refractivity contribution >= 4 is 29.6 Å². The molecule has 0 radical (unpaired) electrons. The minimum Gasteiger partial charge on any atom is -0.481 e. The van der Waals surface area contributed by atoms with Crippen molar-refractivity contribution in [3.63, 3.8) is 0 Å². The zero-order chi connectivity index (χ0) is 23.7. The zero-order valence-corrected chi connectivity index (χ0v) is 16.7. The first-order valence-corrected chi connectivity index (χ1v) is 9.15. The van der Waals surface area contributed by atoms with Crippen LogP contribution >= 0.6 is 0 Å². The number of aliphatic hydroxyl groups excluding tert-OH is 1. The number of hydrogen-bond acceptors (Lipinski definition) is 8. The van der Waals surface area contributed by atoms with Crippen LogP contribution in [0.25, 0.3) is 0 Å². The Labute approximate surface area is 182 Å². The number of guanidine groups is 1. The molecule has 1 unspecified atom stereocenters. The number of nitrogens with zero attached hydrogens (tertiary/aromatic N) is 1. The number of hydrogen-bond donors (Lipinski definition) is 6. The summed E-state index contributed by atoms with van der Waals surface area (Å²) in [6, 6.07) is 10.8. The predicted molar refractivity (Wildman–Crippen MR) is 111 cm³/mol. The van der Waals surface area contributed by atoms with Crippen LogP contribution in [0, 0.1) is 0 Å². The van der Waals surface area contributed by atoms with Crippen LogP contribution in [-0.4, -0.2) is 51.6 Å². The maximum atomic E-state index is 12.2. The van der Waals surface area contributed by atoms with Gasteiger partial charge in [-0.15, -0.1) is 0 Å². The molecule has 12 heteroatoms. The second-order valence-corrected chi connectivity index (χ2v) is 6.44. The number of carbonyl (C=O) groups is 3. The molecular formula is C20H22N4O8. The summed E-state index contributed by atoms with van der Waals surface area (Å²) in [5.74, 6) is -3.21. The molecule has 0 aromatic heterocycles. The van der Waals surface area contributed by atoms with Gasteiger partial charge in [0.25, 0.3) is 0 Å². The Morgan fingerprint density at radius 2 is 1.62 bits per heavy atom. The highest BCUT2D eigenvalue weighted by molar-refractivity contribution is 5.91. The van der Waals surface area contributed by atoms with E-state index in [9.17, 15) is 19.5 Å². The maximum absolute atomic E-state index is 12.2. The van der Waals surface area contributed by atoms with Crippen LogP contribution in [-0.2, 0) is 20.9 Å². The number of carboxylic acids is 2. The van der Waals surface area contributed by atoms with Crippen molar-refractivity contribution in [2.24, 2.45) is 16.5 Å². The molecule has 2 aromatic carbocycles. The second kappa shape index (κ2) is 11.4. The number of carbonyl (C=O) groups excluding carboxylic acids is 1. The van der Waals surface area contributed by atoms with Crippen LogP contribution in [0.4, 0.5) is 5.69 Å².